The van der Waals surface area contributed by atoms with Crippen LogP contribution in [0.5, 0.6) is 0 Å². The first-order valence-corrected chi connectivity index (χ1v) is 12.5. The van der Waals surface area contributed by atoms with Crippen LogP contribution in [-0.2, 0) is 10.1 Å². The molecular weight excluding hydrogens is 387 g/mol. The van der Waals surface area contributed by atoms with Crippen LogP contribution in [0, 0.1) is 0 Å². The average Bonchev–Trinajstić information content (AvgIpc) is 2.59. The Labute approximate surface area is 211 Å². The van der Waals surface area contributed by atoms with Gasteiger partial charge >= 0.3 is 51.4 Å². The van der Waals surface area contributed by atoms with E-state index in [2.05, 4.69) is 6.92 Å². The van der Waals surface area contributed by atoms with Crippen LogP contribution < -0.4 is 51.4 Å². The molecule has 0 amide bonds. The predicted octanol–water partition coefficient (Wildman–Crippen LogP) is 2.94. The molecule has 27 heavy (non-hydrogen) atoms. The number of unbranched alkanes of at least 4 members (excludes halogenated alkanes) is 14. The van der Waals surface area contributed by atoms with E-state index in [1.165, 1.54) is 51.4 Å². The summed E-state index contributed by atoms with van der Waals surface area (Å²) in [6, 6.07) is 0. The van der Waals surface area contributed by atoms with E-state index >= 15 is 0 Å². The van der Waals surface area contributed by atoms with Crippen molar-refractivity contribution in [2.75, 3.05) is 6.61 Å². The van der Waals surface area contributed by atoms with Gasteiger partial charge in [-0.15, -0.1) is 0 Å². The van der Waals surface area contributed by atoms with Crippen molar-refractivity contribution in [3.05, 3.63) is 0 Å². The fourth-order valence-corrected chi connectivity index (χ4v) is 4.39. The Morgan fingerprint density at radius 3 is 1.33 bits per heavy atom. The Hall–Kier alpha value is 1.51. The third kappa shape index (κ3) is 22.0. The van der Waals surface area contributed by atoms with Gasteiger partial charge in [-0.3, -0.25) is 0 Å². The first kappa shape index (κ1) is 30.7. The van der Waals surface area contributed by atoms with Gasteiger partial charge in [-0.2, -0.15) is 0 Å². The van der Waals surface area contributed by atoms with E-state index in [-0.39, 0.29) is 51.4 Å². The third-order valence-electron chi connectivity index (χ3n) is 5.22. The Morgan fingerprint density at radius 2 is 1.00 bits per heavy atom. The van der Waals surface area contributed by atoms with E-state index in [1.54, 1.807) is 0 Å². The molecule has 0 aromatic carbocycles. The summed E-state index contributed by atoms with van der Waals surface area (Å²) in [7, 11) is -4.15. The maximum Gasteiger partial charge on any atom is 1.00 e. The first-order valence-electron chi connectivity index (χ1n) is 11.1. The van der Waals surface area contributed by atoms with Crippen LogP contribution in [0.1, 0.15) is 122 Å². The van der Waals surface area contributed by atoms with Crippen LogP contribution in [0.3, 0.4) is 0 Å². The summed E-state index contributed by atoms with van der Waals surface area (Å²) in [4.78, 5) is 0. The standard InChI is InChI=1S/C21H44O4S.K/c1-2-3-4-5-9-12-15-18-21(26(23,24)25)19-16-13-10-7-6-8-11-14-17-20-22;/h21-22H,2-20H2,1H3,(H,23,24,25);/q;+1/p-1. The molecule has 4 nitrogen and oxygen atoms in total. The summed E-state index contributed by atoms with van der Waals surface area (Å²) >= 11 is 0. The Kier molecular flexibility index (Phi) is 25.2. The van der Waals surface area contributed by atoms with E-state index in [0.29, 0.717) is 19.4 Å². The van der Waals surface area contributed by atoms with Gasteiger partial charge in [0.2, 0.25) is 0 Å². The summed E-state index contributed by atoms with van der Waals surface area (Å²) in [6.45, 7) is 2.49. The average molecular weight is 431 g/mol. The van der Waals surface area contributed by atoms with E-state index in [9.17, 15) is 13.0 Å². The van der Waals surface area contributed by atoms with Gasteiger partial charge in [-0.25, -0.2) is 8.42 Å². The Morgan fingerprint density at radius 1 is 0.667 bits per heavy atom. The summed E-state index contributed by atoms with van der Waals surface area (Å²) in [5.74, 6) is 0. The maximum atomic E-state index is 11.5. The number of rotatable bonds is 20. The normalized spacial score (nSPS) is 12.7. The molecule has 0 heterocycles. The van der Waals surface area contributed by atoms with Crippen molar-refractivity contribution in [3.8, 4) is 0 Å². The molecule has 0 saturated heterocycles. The molecule has 0 aliphatic heterocycles. The second-order valence-corrected chi connectivity index (χ2v) is 9.37. The van der Waals surface area contributed by atoms with Crippen LogP contribution in [-0.4, -0.2) is 29.9 Å². The van der Waals surface area contributed by atoms with Crippen LogP contribution in [0.25, 0.3) is 0 Å². The molecular formula is C21H43KO4S. The van der Waals surface area contributed by atoms with Crippen molar-refractivity contribution in [1.82, 2.24) is 0 Å². The molecule has 0 saturated carbocycles. The largest absolute Gasteiger partial charge is 1.00 e. The summed E-state index contributed by atoms with van der Waals surface area (Å²) < 4.78 is 34.4. The number of aliphatic hydroxyl groups excluding tert-OH is 1. The van der Waals surface area contributed by atoms with Crippen molar-refractivity contribution >= 4 is 10.1 Å². The molecule has 0 bridgehead atoms. The Balaban J connectivity index is 0. The summed E-state index contributed by atoms with van der Waals surface area (Å²) in [6.07, 6.45) is 19.0. The third-order valence-corrected chi connectivity index (χ3v) is 6.51. The summed E-state index contributed by atoms with van der Waals surface area (Å²) in [5, 5.41) is 8.04. The molecule has 6 heteroatoms. The van der Waals surface area contributed by atoms with Crippen LogP contribution >= 0.6 is 0 Å². The fraction of sp³-hybridized carbons (Fsp3) is 1.00. The maximum absolute atomic E-state index is 11.5. The zero-order valence-corrected chi connectivity index (χ0v) is 22.0. The van der Waals surface area contributed by atoms with Gasteiger partial charge in [-0.05, 0) is 19.3 Å². The second kappa shape index (κ2) is 22.2. The van der Waals surface area contributed by atoms with Gasteiger partial charge in [0.25, 0.3) is 0 Å². The van der Waals surface area contributed by atoms with E-state index < -0.39 is 15.4 Å². The van der Waals surface area contributed by atoms with Gasteiger partial charge in [0, 0.05) is 11.9 Å². The van der Waals surface area contributed by atoms with Crippen molar-refractivity contribution in [2.45, 2.75) is 128 Å². The molecule has 0 fully saturated rings. The minimum Gasteiger partial charge on any atom is -0.748 e. The molecule has 1 unspecified atom stereocenters. The number of hydrogen-bond acceptors (Lipinski definition) is 4. The van der Waals surface area contributed by atoms with Gasteiger partial charge in [-0.1, -0.05) is 103 Å². The smallest absolute Gasteiger partial charge is 0.748 e. The molecule has 0 aliphatic rings. The molecule has 0 aromatic heterocycles. The monoisotopic (exact) mass is 430 g/mol. The van der Waals surface area contributed by atoms with E-state index in [4.69, 9.17) is 5.11 Å². The van der Waals surface area contributed by atoms with E-state index in [1.807, 2.05) is 0 Å². The van der Waals surface area contributed by atoms with Gasteiger partial charge < -0.3 is 9.66 Å². The summed E-state index contributed by atoms with van der Waals surface area (Å²) in [5.41, 5.74) is 0. The van der Waals surface area contributed by atoms with Crippen LogP contribution in [0.15, 0.2) is 0 Å². The Bertz CT molecular complexity index is 388. The fourth-order valence-electron chi connectivity index (χ4n) is 3.48. The van der Waals surface area contributed by atoms with Gasteiger partial charge in [0.05, 0.1) is 10.1 Å². The molecule has 0 aromatic rings. The minimum atomic E-state index is -4.15. The zero-order chi connectivity index (χ0) is 19.5. The van der Waals surface area contributed by atoms with Crippen LogP contribution in [0.2, 0.25) is 0 Å². The second-order valence-electron chi connectivity index (χ2n) is 7.72. The molecule has 1 atom stereocenters. The molecule has 0 spiro atoms. The van der Waals surface area contributed by atoms with Crippen LogP contribution in [0.4, 0.5) is 0 Å². The van der Waals surface area contributed by atoms with Gasteiger partial charge in [0.1, 0.15) is 0 Å². The number of hydrogen-bond donors (Lipinski definition) is 1. The van der Waals surface area contributed by atoms with E-state index in [0.717, 1.165) is 51.4 Å². The van der Waals surface area contributed by atoms with Crippen molar-refractivity contribution in [1.29, 1.82) is 0 Å². The SMILES string of the molecule is CCCCCCCCCC(CCCCCCCCCCCO)S(=O)(=O)[O-].[K+]. The first-order chi connectivity index (χ1) is 12.5. The molecule has 0 aliphatic carbocycles. The minimum absolute atomic E-state index is 0. The predicted molar refractivity (Wildman–Crippen MR) is 109 cm³/mol. The molecule has 1 N–H and O–H groups in total. The number of aliphatic hydroxyl groups is 1. The molecule has 0 rings (SSSR count). The topological polar surface area (TPSA) is 77.4 Å². The molecule has 0 radical (unpaired) electrons. The van der Waals surface area contributed by atoms with Crippen molar-refractivity contribution in [3.63, 3.8) is 0 Å². The quantitative estimate of drug-likeness (QED) is 0.183. The van der Waals surface area contributed by atoms with Crippen molar-refractivity contribution < 1.29 is 69.5 Å². The van der Waals surface area contributed by atoms with Crippen molar-refractivity contribution in [2.24, 2.45) is 0 Å². The molecule has 158 valence electrons. The zero-order valence-electron chi connectivity index (χ0n) is 18.1. The van der Waals surface area contributed by atoms with Gasteiger partial charge in [0.15, 0.2) is 0 Å².